The first-order chi connectivity index (χ1) is 20.4. The van der Waals surface area contributed by atoms with Crippen molar-refractivity contribution in [3.8, 4) is 22.1 Å². The van der Waals surface area contributed by atoms with E-state index in [0.29, 0.717) is 65.7 Å². The molecule has 218 valence electrons. The van der Waals surface area contributed by atoms with Gasteiger partial charge in [0.25, 0.3) is 0 Å². The van der Waals surface area contributed by atoms with Crippen LogP contribution in [-0.2, 0) is 27.3 Å². The number of ketones is 1. The Morgan fingerprint density at radius 3 is 2.50 bits per heavy atom. The lowest BCUT2D eigenvalue weighted by atomic mass is 10.0. The van der Waals surface area contributed by atoms with E-state index in [1.807, 2.05) is 6.07 Å². The third kappa shape index (κ3) is 6.31. The first-order valence-corrected chi connectivity index (χ1v) is 14.6. The maximum atomic E-state index is 14.9. The highest BCUT2D eigenvalue weighted by atomic mass is 32.1. The minimum Gasteiger partial charge on any atom is -0.453 e. The molecule has 2 fully saturated rings. The molecule has 4 aromatic rings. The third-order valence-electron chi connectivity index (χ3n) is 7.42. The number of thiophene rings is 1. The van der Waals surface area contributed by atoms with Gasteiger partial charge in [0.1, 0.15) is 30.4 Å². The summed E-state index contributed by atoms with van der Waals surface area (Å²) in [5.41, 5.74) is 1.84. The molecule has 4 heterocycles. The van der Waals surface area contributed by atoms with Gasteiger partial charge in [-0.1, -0.05) is 11.3 Å². The molecule has 0 atom stereocenters. The molecule has 0 bridgehead atoms. The van der Waals surface area contributed by atoms with Gasteiger partial charge in [-0.05, 0) is 42.5 Å². The number of carbonyl (C=O) groups is 3. The monoisotopic (exact) mass is 592 g/mol. The van der Waals surface area contributed by atoms with Gasteiger partial charge in [-0.3, -0.25) is 19.4 Å². The van der Waals surface area contributed by atoms with Gasteiger partial charge in [-0.15, -0.1) is 16.4 Å². The van der Waals surface area contributed by atoms with E-state index in [4.69, 9.17) is 9.84 Å². The van der Waals surface area contributed by atoms with Crippen molar-refractivity contribution in [2.45, 2.75) is 32.2 Å². The van der Waals surface area contributed by atoms with Crippen LogP contribution < -0.4 is 4.74 Å². The van der Waals surface area contributed by atoms with Crippen LogP contribution in [0.4, 0.5) is 4.39 Å². The molecule has 0 radical (unpaired) electrons. The van der Waals surface area contributed by atoms with Gasteiger partial charge in [0.2, 0.25) is 11.8 Å². The average Bonchev–Trinajstić information content (AvgIpc) is 3.48. The van der Waals surface area contributed by atoms with Crippen molar-refractivity contribution < 1.29 is 28.6 Å². The first-order valence-electron chi connectivity index (χ1n) is 13.8. The van der Waals surface area contributed by atoms with Crippen molar-refractivity contribution >= 4 is 39.2 Å². The molecule has 1 aromatic carbocycles. The van der Waals surface area contributed by atoms with Gasteiger partial charge < -0.3 is 19.6 Å². The van der Waals surface area contributed by atoms with Gasteiger partial charge in [0, 0.05) is 51.3 Å². The van der Waals surface area contributed by atoms with E-state index in [1.165, 1.54) is 27.0 Å². The number of rotatable bonds is 10. The Kier molecular flexibility index (Phi) is 7.94. The quantitative estimate of drug-likeness (QED) is 0.297. The van der Waals surface area contributed by atoms with Crippen molar-refractivity contribution in [2.24, 2.45) is 5.92 Å². The summed E-state index contributed by atoms with van der Waals surface area (Å²) < 4.78 is 23.0. The summed E-state index contributed by atoms with van der Waals surface area (Å²) in [6, 6.07) is 8.12. The van der Waals surface area contributed by atoms with Gasteiger partial charge in [-0.2, -0.15) is 0 Å². The maximum Gasteiger partial charge on any atom is 0.248 e. The summed E-state index contributed by atoms with van der Waals surface area (Å²) in [7, 11) is 0. The molecular formula is C29H29FN6O5S. The number of benzene rings is 1. The molecule has 0 spiro atoms. The number of aromatic nitrogens is 4. The Morgan fingerprint density at radius 1 is 1.02 bits per heavy atom. The number of aliphatic hydroxyl groups excluding tert-OH is 1. The van der Waals surface area contributed by atoms with E-state index in [1.54, 1.807) is 35.5 Å². The molecule has 6 rings (SSSR count). The minimum absolute atomic E-state index is 0.0000960. The first kappa shape index (κ1) is 27.9. The Bertz CT molecular complexity index is 1640. The van der Waals surface area contributed by atoms with E-state index in [-0.39, 0.29) is 36.3 Å². The molecule has 3 aromatic heterocycles. The summed E-state index contributed by atoms with van der Waals surface area (Å²) in [5.74, 6) is 0.101. The number of Topliss-reactive ketones (excluding diaryl/α,β-unsaturated/α-hetero) is 1. The lowest BCUT2D eigenvalue weighted by molar-refractivity contribution is -0.141. The fourth-order valence-electron chi connectivity index (χ4n) is 4.95. The number of ether oxygens (including phenoxy) is 1. The van der Waals surface area contributed by atoms with Gasteiger partial charge in [-0.25, -0.2) is 9.07 Å². The Labute approximate surface area is 244 Å². The Morgan fingerprint density at radius 2 is 1.79 bits per heavy atom. The third-order valence-corrected chi connectivity index (χ3v) is 8.58. The number of nitrogens with zero attached hydrogens (tertiary/aromatic N) is 6. The summed E-state index contributed by atoms with van der Waals surface area (Å²) in [6.07, 6.45) is 6.25. The van der Waals surface area contributed by atoms with E-state index < -0.39 is 12.4 Å². The number of fused-ring (bicyclic) bond motifs is 1. The van der Waals surface area contributed by atoms with Crippen molar-refractivity contribution in [1.82, 2.24) is 29.8 Å². The number of pyridine rings is 1. The second-order valence-corrected chi connectivity index (χ2v) is 11.6. The second kappa shape index (κ2) is 11.9. The van der Waals surface area contributed by atoms with Crippen LogP contribution in [-0.4, -0.2) is 85.3 Å². The largest absolute Gasteiger partial charge is 0.453 e. The average molecular weight is 593 g/mol. The predicted molar refractivity (Wildman–Crippen MR) is 151 cm³/mol. The number of piperazine rings is 1. The van der Waals surface area contributed by atoms with Crippen molar-refractivity contribution in [2.75, 3.05) is 32.8 Å². The predicted octanol–water partition coefficient (Wildman–Crippen LogP) is 3.06. The van der Waals surface area contributed by atoms with E-state index in [2.05, 4.69) is 15.3 Å². The number of carbonyl (C=O) groups excluding carboxylic acids is 3. The van der Waals surface area contributed by atoms with Crippen LogP contribution in [0.5, 0.6) is 11.5 Å². The number of amides is 2. The van der Waals surface area contributed by atoms with Crippen LogP contribution in [0.3, 0.4) is 0 Å². The summed E-state index contributed by atoms with van der Waals surface area (Å²) in [5, 5.41) is 17.4. The molecule has 2 aliphatic rings. The summed E-state index contributed by atoms with van der Waals surface area (Å²) in [6.45, 7) is 0.990. The molecule has 13 heteroatoms. The zero-order chi connectivity index (χ0) is 29.2. The van der Waals surface area contributed by atoms with Crippen LogP contribution in [0.2, 0.25) is 0 Å². The topological polar surface area (TPSA) is 131 Å². The minimum atomic E-state index is -0.539. The number of hydrogen-bond donors (Lipinski definition) is 1. The molecule has 42 heavy (non-hydrogen) atoms. The highest BCUT2D eigenvalue weighted by Crippen LogP contribution is 2.39. The fourth-order valence-corrected chi connectivity index (χ4v) is 5.97. The number of hydrogen-bond acceptors (Lipinski definition) is 9. The molecule has 1 aliphatic carbocycles. The van der Waals surface area contributed by atoms with Crippen molar-refractivity contribution in [3.63, 3.8) is 0 Å². The summed E-state index contributed by atoms with van der Waals surface area (Å²) >= 11 is 1.37. The van der Waals surface area contributed by atoms with Gasteiger partial charge in [0.05, 0.1) is 21.3 Å². The van der Waals surface area contributed by atoms with Crippen molar-refractivity contribution in [1.29, 1.82) is 0 Å². The zero-order valence-corrected chi connectivity index (χ0v) is 23.6. The van der Waals surface area contributed by atoms with Crippen LogP contribution in [0, 0.1) is 11.7 Å². The molecule has 1 N–H and O–H groups in total. The second-order valence-electron chi connectivity index (χ2n) is 10.6. The molecule has 0 unspecified atom stereocenters. The Hall–Kier alpha value is -4.23. The standard InChI is InChI=1S/C29H29FN6O5S/c30-21-13-19(12-20(38)11-18-1-2-18)3-4-24(21)41-25-5-6-31-22-14-26(42-29(22)25)23-15-36(33-32-23)16-27(39)34-7-9-35(10-8-34)28(40)17-37/h3-6,13-15,18,37H,1-2,7-12,16-17H2. The molecule has 2 amide bonds. The SMILES string of the molecule is O=C(Cc1ccc(Oc2ccnc3cc(-c4cn(CC(=O)N5CCN(C(=O)CO)CC5)nn4)sc23)c(F)c1)CC1CC1. The van der Waals surface area contributed by atoms with Crippen LogP contribution in [0.15, 0.2) is 42.7 Å². The number of aliphatic hydroxyl groups is 1. The van der Waals surface area contributed by atoms with Gasteiger partial charge >= 0.3 is 0 Å². The maximum absolute atomic E-state index is 14.9. The van der Waals surface area contributed by atoms with E-state index in [0.717, 1.165) is 17.7 Å². The van der Waals surface area contributed by atoms with Gasteiger partial charge in [0.15, 0.2) is 11.6 Å². The van der Waals surface area contributed by atoms with Crippen LogP contribution >= 0.6 is 11.3 Å². The van der Waals surface area contributed by atoms with Crippen molar-refractivity contribution in [3.05, 3.63) is 54.1 Å². The smallest absolute Gasteiger partial charge is 0.248 e. The molecular weight excluding hydrogens is 563 g/mol. The highest BCUT2D eigenvalue weighted by Gasteiger charge is 2.25. The summed E-state index contributed by atoms with van der Waals surface area (Å²) in [4.78, 5) is 45.0. The fraction of sp³-hybridized carbons (Fsp3) is 0.379. The highest BCUT2D eigenvalue weighted by molar-refractivity contribution is 7.22. The van der Waals surface area contributed by atoms with Crippen LogP contribution in [0.1, 0.15) is 24.8 Å². The van der Waals surface area contributed by atoms with E-state index in [9.17, 15) is 18.8 Å². The zero-order valence-electron chi connectivity index (χ0n) is 22.7. The number of halogens is 1. The van der Waals surface area contributed by atoms with Crippen LogP contribution in [0.25, 0.3) is 20.8 Å². The lowest BCUT2D eigenvalue weighted by Crippen LogP contribution is -2.51. The molecule has 1 saturated heterocycles. The Balaban J connectivity index is 1.11. The lowest BCUT2D eigenvalue weighted by Gasteiger charge is -2.34. The molecule has 1 saturated carbocycles. The molecule has 11 nitrogen and oxygen atoms in total. The normalized spacial score (nSPS) is 15.3. The van der Waals surface area contributed by atoms with E-state index >= 15 is 0 Å². The molecule has 1 aliphatic heterocycles.